The summed E-state index contributed by atoms with van der Waals surface area (Å²) in [4.78, 5) is 44.9. The highest BCUT2D eigenvalue weighted by Gasteiger charge is 2.25. The molecule has 2 saturated heterocycles. The van der Waals surface area contributed by atoms with Crippen molar-refractivity contribution in [2.75, 3.05) is 51.3 Å². The van der Waals surface area contributed by atoms with Crippen LogP contribution in [-0.4, -0.2) is 89.0 Å². The first kappa shape index (κ1) is 28.3. The Kier molecular flexibility index (Phi) is 8.02. The molecule has 0 N–H and O–H groups in total. The van der Waals surface area contributed by atoms with Gasteiger partial charge in [-0.2, -0.15) is 9.97 Å². The van der Waals surface area contributed by atoms with Crippen LogP contribution < -0.4 is 14.4 Å². The van der Waals surface area contributed by atoms with Crippen LogP contribution in [0.2, 0.25) is 0 Å². The maximum Gasteiger partial charge on any atom is 0.335 e. The van der Waals surface area contributed by atoms with Gasteiger partial charge in [0.05, 0.1) is 16.6 Å². The first-order valence-electron chi connectivity index (χ1n) is 14.5. The number of ether oxygens (including phenoxy) is 2. The van der Waals surface area contributed by atoms with Gasteiger partial charge in [-0.25, -0.2) is 4.79 Å². The van der Waals surface area contributed by atoms with Crippen molar-refractivity contribution in [3.8, 4) is 23.0 Å². The van der Waals surface area contributed by atoms with Crippen molar-refractivity contribution < 1.29 is 19.1 Å². The molecule has 0 unspecified atom stereocenters. The molecule has 10 heteroatoms. The highest BCUT2D eigenvalue weighted by atomic mass is 16.5. The van der Waals surface area contributed by atoms with Crippen LogP contribution in [0.5, 0.6) is 11.8 Å². The second-order valence-electron chi connectivity index (χ2n) is 10.8. The van der Waals surface area contributed by atoms with Gasteiger partial charge in [0.1, 0.15) is 18.2 Å². The van der Waals surface area contributed by atoms with Gasteiger partial charge in [0, 0.05) is 50.1 Å². The van der Waals surface area contributed by atoms with Crippen molar-refractivity contribution in [1.29, 1.82) is 0 Å². The smallest absolute Gasteiger partial charge is 0.335 e. The van der Waals surface area contributed by atoms with Crippen LogP contribution in [0.1, 0.15) is 12.8 Å². The summed E-state index contributed by atoms with van der Waals surface area (Å²) < 4.78 is 11.7. The molecule has 2 aromatic heterocycles. The maximum absolute atomic E-state index is 12.2. The zero-order chi connectivity index (χ0) is 29.9. The van der Waals surface area contributed by atoms with Crippen LogP contribution in [0.15, 0.2) is 74.0 Å². The van der Waals surface area contributed by atoms with E-state index in [1.165, 1.54) is 6.08 Å². The number of hydrogen-bond acceptors (Lipinski definition) is 9. The molecule has 0 saturated carbocycles. The van der Waals surface area contributed by atoms with Crippen LogP contribution in [0, 0.1) is 0 Å². The average Bonchev–Trinajstić information content (AvgIpc) is 3.46. The second-order valence-corrected chi connectivity index (χ2v) is 10.8. The minimum atomic E-state index is -0.533. The summed E-state index contributed by atoms with van der Waals surface area (Å²) in [6, 6.07) is 14.1. The lowest BCUT2D eigenvalue weighted by molar-refractivity contribution is -0.129. The number of esters is 1. The third-order valence-corrected chi connectivity index (χ3v) is 8.18. The fourth-order valence-electron chi connectivity index (χ4n) is 5.78. The van der Waals surface area contributed by atoms with Gasteiger partial charge in [0.25, 0.3) is 0 Å². The SMILES string of the molecule is C=CC(=O)Oc1cc(-c2cc3nc(OC[C@@H]4CCCN4C)nc(N4CCN(C(=O)C=C)CC4)c3cn2)c2ccccc2c1. The monoisotopic (exact) mass is 578 g/mol. The number of nitrogens with zero attached hydrogens (tertiary/aromatic N) is 6. The van der Waals surface area contributed by atoms with E-state index in [9.17, 15) is 9.59 Å². The van der Waals surface area contributed by atoms with Crippen LogP contribution in [0.25, 0.3) is 32.9 Å². The second kappa shape index (κ2) is 12.2. The van der Waals surface area contributed by atoms with E-state index in [4.69, 9.17) is 24.4 Å². The number of anilines is 1. The van der Waals surface area contributed by atoms with Crippen molar-refractivity contribution in [3.63, 3.8) is 0 Å². The summed E-state index contributed by atoms with van der Waals surface area (Å²) in [6.45, 7) is 11.0. The quantitative estimate of drug-likeness (QED) is 0.173. The molecule has 4 aromatic rings. The number of likely N-dealkylation sites (tertiary alicyclic amines) is 1. The van der Waals surface area contributed by atoms with Gasteiger partial charge in [-0.3, -0.25) is 9.78 Å². The standard InChI is InChI=1S/C33H34N6O4/c1-4-30(40)38-13-15-39(16-14-38)32-27-20-34-28(19-29(27)35-33(36-32)42-21-23-10-8-12-37(23)3)26-18-24(43-31(41)5-2)17-22-9-6-7-11-25(22)26/h4-7,9,11,17-20,23H,1-2,8,10,12-16,21H2,3H3/t23-/m0/s1. The number of likely N-dealkylation sites (N-methyl/N-ethyl adjacent to an activating group) is 1. The summed E-state index contributed by atoms with van der Waals surface area (Å²) in [6.07, 6.45) is 6.49. The third-order valence-electron chi connectivity index (χ3n) is 8.18. The summed E-state index contributed by atoms with van der Waals surface area (Å²) >= 11 is 0. The zero-order valence-electron chi connectivity index (χ0n) is 24.2. The molecule has 2 aliphatic heterocycles. The number of piperazine rings is 1. The topological polar surface area (TPSA) is 101 Å². The number of aromatic nitrogens is 3. The molecule has 1 atom stereocenters. The molecular weight excluding hydrogens is 544 g/mol. The first-order chi connectivity index (χ1) is 20.9. The molecule has 0 aliphatic carbocycles. The Hall–Kier alpha value is -4.83. The minimum absolute atomic E-state index is 0.0727. The zero-order valence-corrected chi connectivity index (χ0v) is 24.2. The van der Waals surface area contributed by atoms with E-state index in [0.29, 0.717) is 61.8 Å². The van der Waals surface area contributed by atoms with Crippen LogP contribution >= 0.6 is 0 Å². The molecule has 1 amide bonds. The summed E-state index contributed by atoms with van der Waals surface area (Å²) in [5.41, 5.74) is 2.17. The highest BCUT2D eigenvalue weighted by molar-refractivity contribution is 6.00. The third kappa shape index (κ3) is 5.91. The lowest BCUT2D eigenvalue weighted by Crippen LogP contribution is -2.48. The first-order valence-corrected chi connectivity index (χ1v) is 14.5. The molecule has 2 fully saturated rings. The summed E-state index contributed by atoms with van der Waals surface area (Å²) in [5, 5.41) is 2.66. The molecule has 0 bridgehead atoms. The predicted octanol–water partition coefficient (Wildman–Crippen LogP) is 4.24. The van der Waals surface area contributed by atoms with E-state index in [2.05, 4.69) is 30.0 Å². The number of pyridine rings is 1. The van der Waals surface area contributed by atoms with Crippen molar-refractivity contribution >= 4 is 39.4 Å². The molecule has 220 valence electrons. The van der Waals surface area contributed by atoms with Crippen LogP contribution in [-0.2, 0) is 9.59 Å². The Bertz CT molecular complexity index is 1720. The van der Waals surface area contributed by atoms with Gasteiger partial charge in [0.2, 0.25) is 5.91 Å². The van der Waals surface area contributed by atoms with E-state index in [1.807, 2.05) is 42.5 Å². The van der Waals surface area contributed by atoms with E-state index in [-0.39, 0.29) is 5.91 Å². The van der Waals surface area contributed by atoms with Crippen molar-refractivity contribution in [1.82, 2.24) is 24.8 Å². The molecule has 0 radical (unpaired) electrons. The highest BCUT2D eigenvalue weighted by Crippen LogP contribution is 2.35. The number of carbonyl (C=O) groups excluding carboxylic acids is 2. The van der Waals surface area contributed by atoms with Crippen LogP contribution in [0.4, 0.5) is 5.82 Å². The molecule has 4 heterocycles. The maximum atomic E-state index is 12.2. The molecule has 0 spiro atoms. The lowest BCUT2D eigenvalue weighted by atomic mass is 10.0. The number of benzene rings is 2. The number of carbonyl (C=O) groups is 2. The fourth-order valence-corrected chi connectivity index (χ4v) is 5.78. The lowest BCUT2D eigenvalue weighted by Gasteiger charge is -2.35. The molecule has 10 nitrogen and oxygen atoms in total. The number of hydrogen-bond donors (Lipinski definition) is 0. The Morgan fingerprint density at radius 3 is 2.56 bits per heavy atom. The average molecular weight is 579 g/mol. The van der Waals surface area contributed by atoms with Crippen molar-refractivity contribution in [2.45, 2.75) is 18.9 Å². The Labute approximate surface area is 250 Å². The van der Waals surface area contributed by atoms with Crippen molar-refractivity contribution in [2.24, 2.45) is 0 Å². The number of amides is 1. The number of rotatable bonds is 8. The Morgan fingerprint density at radius 1 is 1.00 bits per heavy atom. The molecule has 2 aliphatic rings. The molecule has 43 heavy (non-hydrogen) atoms. The predicted molar refractivity (Wildman–Crippen MR) is 166 cm³/mol. The summed E-state index contributed by atoms with van der Waals surface area (Å²) in [5.74, 6) is 0.523. The number of fused-ring (bicyclic) bond motifs is 2. The van der Waals surface area contributed by atoms with Gasteiger partial charge in [-0.15, -0.1) is 0 Å². The largest absolute Gasteiger partial charge is 0.462 e. The Morgan fingerprint density at radius 2 is 1.81 bits per heavy atom. The van der Waals surface area contributed by atoms with Crippen LogP contribution in [0.3, 0.4) is 0 Å². The molecular formula is C33H34N6O4. The molecule has 2 aromatic carbocycles. The van der Waals surface area contributed by atoms with Gasteiger partial charge < -0.3 is 24.2 Å². The van der Waals surface area contributed by atoms with Crippen molar-refractivity contribution in [3.05, 3.63) is 74.0 Å². The molecule has 6 rings (SSSR count). The minimum Gasteiger partial charge on any atom is -0.462 e. The van der Waals surface area contributed by atoms with Gasteiger partial charge in [-0.1, -0.05) is 37.4 Å². The van der Waals surface area contributed by atoms with E-state index < -0.39 is 5.97 Å². The van der Waals surface area contributed by atoms with Gasteiger partial charge >= 0.3 is 12.0 Å². The van der Waals surface area contributed by atoms with E-state index >= 15 is 0 Å². The van der Waals surface area contributed by atoms with Gasteiger partial charge in [-0.05, 0) is 61.5 Å². The van der Waals surface area contributed by atoms with Gasteiger partial charge in [0.15, 0.2) is 0 Å². The Balaban J connectivity index is 1.41. The normalized spacial score (nSPS) is 17.3. The van der Waals surface area contributed by atoms with E-state index in [0.717, 1.165) is 53.0 Å². The van der Waals surface area contributed by atoms with E-state index in [1.54, 1.807) is 11.1 Å². The fraction of sp³-hybridized carbons (Fsp3) is 0.303. The summed E-state index contributed by atoms with van der Waals surface area (Å²) in [7, 11) is 2.11.